The number of halogens is 1. The molecule has 1 atom stereocenters. The van der Waals surface area contributed by atoms with Crippen molar-refractivity contribution in [3.8, 4) is 0 Å². The molecule has 0 aliphatic rings. The quantitative estimate of drug-likeness (QED) is 0.260. The van der Waals surface area contributed by atoms with E-state index < -0.39 is 11.2 Å². The van der Waals surface area contributed by atoms with Crippen LogP contribution < -0.4 is 0 Å². The summed E-state index contributed by atoms with van der Waals surface area (Å²) in [6.07, 6.45) is 3.07. The highest BCUT2D eigenvalue weighted by atomic mass is 19.1. The highest BCUT2D eigenvalue weighted by Crippen LogP contribution is 2.09. The summed E-state index contributed by atoms with van der Waals surface area (Å²) < 4.78 is 12.3. The lowest BCUT2D eigenvalue weighted by Crippen LogP contribution is -2.12. The van der Waals surface area contributed by atoms with E-state index in [9.17, 15) is 14.5 Å². The molecule has 0 spiro atoms. The van der Waals surface area contributed by atoms with Crippen molar-refractivity contribution in [3.05, 3.63) is 10.1 Å². The fourth-order valence-electron chi connectivity index (χ4n) is 1.02. The topological polar surface area (TPSA) is 43.1 Å². The molecule has 0 aromatic carbocycles. The molecular weight excluding hydrogens is 161 g/mol. The molecule has 0 N–H and O–H groups in total. The van der Waals surface area contributed by atoms with Crippen LogP contribution in [0.2, 0.25) is 0 Å². The first-order chi connectivity index (χ1) is 5.68. The second-order valence-electron chi connectivity index (χ2n) is 2.92. The molecule has 72 valence electrons. The van der Waals surface area contributed by atoms with Gasteiger partial charge >= 0.3 is 6.30 Å². The van der Waals surface area contributed by atoms with E-state index in [0.717, 1.165) is 25.7 Å². The normalized spacial score (nSPS) is 12.8. The van der Waals surface area contributed by atoms with E-state index in [1.165, 1.54) is 0 Å². The Morgan fingerprint density at radius 1 is 1.33 bits per heavy atom. The Morgan fingerprint density at radius 2 is 1.92 bits per heavy atom. The van der Waals surface area contributed by atoms with Crippen LogP contribution >= 0.6 is 0 Å². The predicted molar refractivity (Wildman–Crippen MR) is 45.3 cm³/mol. The van der Waals surface area contributed by atoms with Crippen LogP contribution in [0.3, 0.4) is 0 Å². The molecule has 0 saturated carbocycles. The standard InChI is InChI=1S/C8H16FNO2/c1-2-3-4-5-6-7-8(9)10(11)12/h8H,2-7H2,1H3/t8-/m0/s1. The van der Waals surface area contributed by atoms with E-state index in [2.05, 4.69) is 6.92 Å². The lowest BCUT2D eigenvalue weighted by atomic mass is 10.1. The van der Waals surface area contributed by atoms with E-state index in [4.69, 9.17) is 0 Å². The van der Waals surface area contributed by atoms with Crippen LogP contribution in [0, 0.1) is 10.1 Å². The molecule has 0 aromatic heterocycles. The van der Waals surface area contributed by atoms with Gasteiger partial charge in [0.25, 0.3) is 0 Å². The van der Waals surface area contributed by atoms with Crippen molar-refractivity contribution in [1.82, 2.24) is 0 Å². The molecule has 0 saturated heterocycles. The summed E-state index contributed by atoms with van der Waals surface area (Å²) in [4.78, 5) is 8.99. The van der Waals surface area contributed by atoms with Gasteiger partial charge in [-0.25, -0.2) is 0 Å². The Morgan fingerprint density at radius 3 is 2.42 bits per heavy atom. The lowest BCUT2D eigenvalue weighted by Gasteiger charge is -1.99. The van der Waals surface area contributed by atoms with Gasteiger partial charge in [-0.15, -0.1) is 0 Å². The smallest absolute Gasteiger partial charge is 0.262 e. The van der Waals surface area contributed by atoms with Gasteiger partial charge in [-0.1, -0.05) is 32.6 Å². The predicted octanol–water partition coefficient (Wildman–Crippen LogP) is 2.92. The Kier molecular flexibility index (Phi) is 6.61. The second-order valence-corrected chi connectivity index (χ2v) is 2.92. The second kappa shape index (κ2) is 7.00. The van der Waals surface area contributed by atoms with Crippen molar-refractivity contribution in [2.45, 2.75) is 51.7 Å². The summed E-state index contributed by atoms with van der Waals surface area (Å²) in [6.45, 7) is 2.09. The number of hydrogen-bond acceptors (Lipinski definition) is 2. The summed E-state index contributed by atoms with van der Waals surface area (Å²) in [5, 5.41) is 9.85. The zero-order valence-corrected chi connectivity index (χ0v) is 7.46. The van der Waals surface area contributed by atoms with Crippen LogP contribution in [0.1, 0.15) is 45.4 Å². The van der Waals surface area contributed by atoms with Crippen LogP contribution in [0.5, 0.6) is 0 Å². The van der Waals surface area contributed by atoms with Gasteiger partial charge < -0.3 is 0 Å². The number of nitro groups is 1. The molecule has 0 amide bonds. The fraction of sp³-hybridized carbons (Fsp3) is 1.00. The minimum absolute atomic E-state index is 0.0662. The maximum atomic E-state index is 12.3. The summed E-state index contributed by atoms with van der Waals surface area (Å²) >= 11 is 0. The Bertz CT molecular complexity index is 130. The number of unbranched alkanes of at least 4 members (excludes halogenated alkanes) is 4. The third kappa shape index (κ3) is 6.07. The van der Waals surface area contributed by atoms with Crippen molar-refractivity contribution in [2.75, 3.05) is 0 Å². The van der Waals surface area contributed by atoms with Crippen molar-refractivity contribution in [3.63, 3.8) is 0 Å². The number of nitrogens with zero attached hydrogens (tertiary/aromatic N) is 1. The first kappa shape index (κ1) is 11.3. The largest absolute Gasteiger partial charge is 0.349 e. The number of alkyl halides is 1. The van der Waals surface area contributed by atoms with Gasteiger partial charge in [0.1, 0.15) is 0 Å². The third-order valence-electron chi connectivity index (χ3n) is 1.77. The van der Waals surface area contributed by atoms with Crippen molar-refractivity contribution in [1.29, 1.82) is 0 Å². The average Bonchev–Trinajstić information content (AvgIpc) is 2.03. The van der Waals surface area contributed by atoms with Crippen LogP contribution in [0.25, 0.3) is 0 Å². The third-order valence-corrected chi connectivity index (χ3v) is 1.77. The van der Waals surface area contributed by atoms with Crippen LogP contribution in [-0.2, 0) is 0 Å². The molecule has 0 aliphatic heterocycles. The van der Waals surface area contributed by atoms with E-state index >= 15 is 0 Å². The van der Waals surface area contributed by atoms with Crippen molar-refractivity contribution >= 4 is 0 Å². The molecule has 12 heavy (non-hydrogen) atoms. The summed E-state index contributed by atoms with van der Waals surface area (Å²) in [5.41, 5.74) is 0. The van der Waals surface area contributed by atoms with Crippen LogP contribution in [0.15, 0.2) is 0 Å². The van der Waals surface area contributed by atoms with Gasteiger partial charge in [0.15, 0.2) is 0 Å². The highest BCUT2D eigenvalue weighted by molar-refractivity contribution is 4.45. The minimum Gasteiger partial charge on any atom is -0.262 e. The zero-order valence-electron chi connectivity index (χ0n) is 7.46. The Hall–Kier alpha value is -0.670. The zero-order chi connectivity index (χ0) is 9.40. The van der Waals surface area contributed by atoms with Crippen LogP contribution in [-0.4, -0.2) is 11.2 Å². The van der Waals surface area contributed by atoms with E-state index in [1.807, 2.05) is 0 Å². The molecule has 0 bridgehead atoms. The Labute approximate surface area is 72.1 Å². The van der Waals surface area contributed by atoms with Crippen LogP contribution in [0.4, 0.5) is 4.39 Å². The van der Waals surface area contributed by atoms with Crippen molar-refractivity contribution in [2.24, 2.45) is 0 Å². The van der Waals surface area contributed by atoms with Gasteiger partial charge in [0, 0.05) is 6.42 Å². The van der Waals surface area contributed by atoms with E-state index in [-0.39, 0.29) is 6.42 Å². The van der Waals surface area contributed by atoms with Crippen molar-refractivity contribution < 1.29 is 9.31 Å². The number of rotatable bonds is 7. The fourth-order valence-corrected chi connectivity index (χ4v) is 1.02. The maximum absolute atomic E-state index is 12.3. The van der Waals surface area contributed by atoms with Gasteiger partial charge in [-0.3, -0.25) is 10.1 Å². The van der Waals surface area contributed by atoms with E-state index in [0.29, 0.717) is 6.42 Å². The summed E-state index contributed by atoms with van der Waals surface area (Å²) in [7, 11) is 0. The molecule has 0 aliphatic carbocycles. The molecule has 0 rings (SSSR count). The molecule has 0 heterocycles. The van der Waals surface area contributed by atoms with Gasteiger partial charge in [-0.2, -0.15) is 4.39 Å². The monoisotopic (exact) mass is 177 g/mol. The SMILES string of the molecule is CCCCCCC[C@@H](F)[N+](=O)[O-]. The minimum atomic E-state index is -1.85. The molecule has 0 fully saturated rings. The molecule has 0 unspecified atom stereocenters. The maximum Gasteiger partial charge on any atom is 0.349 e. The molecule has 0 aromatic rings. The van der Waals surface area contributed by atoms with E-state index in [1.54, 1.807) is 0 Å². The van der Waals surface area contributed by atoms with Gasteiger partial charge in [0.05, 0.1) is 4.92 Å². The van der Waals surface area contributed by atoms with Gasteiger partial charge in [0.2, 0.25) is 0 Å². The number of hydrogen-bond donors (Lipinski definition) is 0. The molecular formula is C8H16FNO2. The molecule has 4 heteroatoms. The Balaban J connectivity index is 3.14. The highest BCUT2D eigenvalue weighted by Gasteiger charge is 2.15. The average molecular weight is 177 g/mol. The lowest BCUT2D eigenvalue weighted by molar-refractivity contribution is -0.554. The summed E-state index contributed by atoms with van der Waals surface area (Å²) in [5.74, 6) is 0. The van der Waals surface area contributed by atoms with Gasteiger partial charge in [-0.05, 0) is 6.42 Å². The molecule has 3 nitrogen and oxygen atoms in total. The summed E-state index contributed by atoms with van der Waals surface area (Å²) in [6, 6.07) is 0. The first-order valence-electron chi connectivity index (χ1n) is 4.46. The molecule has 0 radical (unpaired) electrons. The first-order valence-corrected chi connectivity index (χ1v) is 4.46.